The summed E-state index contributed by atoms with van der Waals surface area (Å²) in [6.07, 6.45) is 1.56. The van der Waals surface area contributed by atoms with Gasteiger partial charge in [-0.1, -0.05) is 18.2 Å². The Hall–Kier alpha value is -2.05. The minimum absolute atomic E-state index is 0. The molecule has 0 saturated heterocycles. The van der Waals surface area contributed by atoms with E-state index in [1.165, 1.54) is 0 Å². The molecule has 1 aromatic carbocycles. The van der Waals surface area contributed by atoms with E-state index in [-0.39, 0.29) is 18.4 Å². The zero-order valence-electron chi connectivity index (χ0n) is 8.68. The molecule has 0 spiro atoms. The number of fused-ring (bicyclic) bond motifs is 1. The van der Waals surface area contributed by atoms with Crippen LogP contribution in [0, 0.1) is 0 Å². The minimum atomic E-state index is -0.517. The molecule has 0 fully saturated rings. The highest BCUT2D eigenvalue weighted by atomic mass is 35.5. The van der Waals surface area contributed by atoms with Crippen LogP contribution in [0.25, 0.3) is 10.9 Å². The van der Waals surface area contributed by atoms with Gasteiger partial charge in [0, 0.05) is 17.1 Å². The Morgan fingerprint density at radius 2 is 2.12 bits per heavy atom. The normalized spacial score (nSPS) is 11.0. The number of halogens is 1. The van der Waals surface area contributed by atoms with Gasteiger partial charge in [-0.3, -0.25) is 10.0 Å². The number of aliphatic imine (C=N–C) groups is 1. The zero-order valence-corrected chi connectivity index (χ0v) is 9.49. The third-order valence-electron chi connectivity index (χ3n) is 2.16. The van der Waals surface area contributed by atoms with E-state index in [2.05, 4.69) is 9.98 Å². The summed E-state index contributed by atoms with van der Waals surface area (Å²) < 4.78 is 0. The van der Waals surface area contributed by atoms with Crippen LogP contribution in [0.2, 0.25) is 0 Å². The van der Waals surface area contributed by atoms with Crippen LogP contribution in [0.4, 0.5) is 0 Å². The molecule has 1 heterocycles. The smallest absolute Gasteiger partial charge is 0.282 e. The van der Waals surface area contributed by atoms with E-state index in [0.717, 1.165) is 10.9 Å². The summed E-state index contributed by atoms with van der Waals surface area (Å²) >= 11 is 0. The average molecular weight is 255 g/mol. The Balaban J connectivity index is 0.00000144. The summed E-state index contributed by atoms with van der Waals surface area (Å²) in [5, 5.41) is 9.19. The number of aromatic nitrogens is 1. The molecule has 2 rings (SSSR count). The number of hydrogen-bond acceptors (Lipinski definition) is 2. The lowest BCUT2D eigenvalue weighted by Gasteiger charge is -1.96. The van der Waals surface area contributed by atoms with Crippen molar-refractivity contribution >= 4 is 35.2 Å². The number of nitrogens with zero attached hydrogens (tertiary/aromatic N) is 1. The first-order chi connectivity index (χ1) is 7.72. The second-order valence-electron chi connectivity index (χ2n) is 3.16. The molecule has 0 aliphatic heterocycles. The molecule has 90 valence electrons. The van der Waals surface area contributed by atoms with Crippen molar-refractivity contribution in [2.45, 2.75) is 0 Å². The molecule has 0 unspecified atom stereocenters. The number of carbonyl (C=O) groups is 1. The monoisotopic (exact) mass is 254 g/mol. The number of benzene rings is 1. The number of carbonyl (C=O) groups excluding carboxylic acids is 1. The number of para-hydroxylation sites is 1. The number of rotatable bonds is 1. The summed E-state index contributed by atoms with van der Waals surface area (Å²) in [7, 11) is 0. The lowest BCUT2D eigenvalue weighted by atomic mass is 10.2. The van der Waals surface area contributed by atoms with E-state index in [0.29, 0.717) is 5.56 Å². The van der Waals surface area contributed by atoms with Gasteiger partial charge in [0.2, 0.25) is 5.96 Å². The van der Waals surface area contributed by atoms with Crippen LogP contribution in [0.3, 0.4) is 0 Å². The fraction of sp³-hybridized carbons (Fsp3) is 0. The SMILES string of the molecule is Cl.NC(=NC(=O)c1c[nH]c2ccccc12)NO. The van der Waals surface area contributed by atoms with E-state index in [1.54, 1.807) is 17.7 Å². The molecule has 7 heteroatoms. The molecule has 2 aromatic rings. The van der Waals surface area contributed by atoms with Crippen molar-refractivity contribution in [1.29, 1.82) is 0 Å². The van der Waals surface area contributed by atoms with Gasteiger partial charge in [0.15, 0.2) is 0 Å². The first kappa shape index (κ1) is 13.0. The number of nitrogens with two attached hydrogens (primary N) is 1. The average Bonchev–Trinajstić information content (AvgIpc) is 2.72. The van der Waals surface area contributed by atoms with Crippen molar-refractivity contribution in [2.75, 3.05) is 0 Å². The van der Waals surface area contributed by atoms with E-state index in [1.807, 2.05) is 18.2 Å². The van der Waals surface area contributed by atoms with Gasteiger partial charge >= 0.3 is 0 Å². The Bertz CT molecular complexity index is 564. The van der Waals surface area contributed by atoms with E-state index in [9.17, 15) is 4.79 Å². The van der Waals surface area contributed by atoms with Crippen molar-refractivity contribution in [3.63, 3.8) is 0 Å². The molecule has 1 amide bonds. The van der Waals surface area contributed by atoms with Gasteiger partial charge in [-0.15, -0.1) is 12.4 Å². The Labute approximate surface area is 103 Å². The standard InChI is InChI=1S/C10H10N4O2.ClH/c11-10(14-16)13-9(15)7-5-12-8-4-2-1-3-6(7)8;/h1-5,12,16H,(H3,11,13,14,15);1H. The summed E-state index contributed by atoms with van der Waals surface area (Å²) in [6, 6.07) is 7.34. The van der Waals surface area contributed by atoms with Crippen LogP contribution in [0.5, 0.6) is 0 Å². The molecule has 0 radical (unpaired) electrons. The molecular weight excluding hydrogens is 244 g/mol. The highest BCUT2D eigenvalue weighted by Gasteiger charge is 2.10. The van der Waals surface area contributed by atoms with E-state index in [4.69, 9.17) is 10.9 Å². The summed E-state index contributed by atoms with van der Waals surface area (Å²) in [5.74, 6) is -0.855. The van der Waals surface area contributed by atoms with Crippen LogP contribution in [-0.2, 0) is 0 Å². The Morgan fingerprint density at radius 3 is 2.82 bits per heavy atom. The predicted molar refractivity (Wildman–Crippen MR) is 66.4 cm³/mol. The van der Waals surface area contributed by atoms with Crippen molar-refractivity contribution < 1.29 is 10.0 Å². The zero-order chi connectivity index (χ0) is 11.5. The van der Waals surface area contributed by atoms with E-state index < -0.39 is 5.91 Å². The molecule has 0 saturated carbocycles. The topological polar surface area (TPSA) is 104 Å². The van der Waals surface area contributed by atoms with Gasteiger partial charge in [0.05, 0.1) is 5.56 Å². The molecule has 0 bridgehead atoms. The van der Waals surface area contributed by atoms with Crippen LogP contribution in [-0.4, -0.2) is 22.1 Å². The summed E-state index contributed by atoms with van der Waals surface area (Å²) in [5.41, 5.74) is 8.04. The number of hydroxylamine groups is 1. The van der Waals surface area contributed by atoms with Gasteiger partial charge in [0.25, 0.3) is 5.91 Å². The fourth-order valence-corrected chi connectivity index (χ4v) is 1.44. The van der Waals surface area contributed by atoms with Crippen molar-refractivity contribution in [2.24, 2.45) is 10.7 Å². The first-order valence-corrected chi connectivity index (χ1v) is 4.57. The molecule has 0 atom stereocenters. The van der Waals surface area contributed by atoms with Crippen molar-refractivity contribution in [1.82, 2.24) is 10.5 Å². The molecule has 0 aliphatic carbocycles. The van der Waals surface area contributed by atoms with Crippen LogP contribution >= 0.6 is 12.4 Å². The third kappa shape index (κ3) is 2.55. The molecule has 0 aliphatic rings. The number of hydrogen-bond donors (Lipinski definition) is 4. The highest BCUT2D eigenvalue weighted by molar-refractivity contribution is 6.10. The lowest BCUT2D eigenvalue weighted by Crippen LogP contribution is -2.29. The number of nitrogens with one attached hydrogen (secondary N) is 2. The van der Waals surface area contributed by atoms with Crippen molar-refractivity contribution in [3.05, 3.63) is 36.0 Å². The molecular formula is C10H11ClN4O2. The minimum Gasteiger partial charge on any atom is -0.368 e. The second kappa shape index (κ2) is 5.33. The quantitative estimate of drug-likeness (QED) is 0.347. The first-order valence-electron chi connectivity index (χ1n) is 4.57. The number of guanidine groups is 1. The van der Waals surface area contributed by atoms with Crippen LogP contribution < -0.4 is 11.2 Å². The highest BCUT2D eigenvalue weighted by Crippen LogP contribution is 2.18. The maximum atomic E-state index is 11.7. The molecule has 6 nitrogen and oxygen atoms in total. The summed E-state index contributed by atoms with van der Waals surface area (Å²) in [6.45, 7) is 0. The molecule has 5 N–H and O–H groups in total. The second-order valence-corrected chi connectivity index (χ2v) is 3.16. The van der Waals surface area contributed by atoms with Gasteiger partial charge in [0.1, 0.15) is 0 Å². The number of H-pyrrole nitrogens is 1. The van der Waals surface area contributed by atoms with Gasteiger partial charge in [-0.2, -0.15) is 4.99 Å². The Kier molecular flexibility index (Phi) is 4.08. The number of aromatic amines is 1. The van der Waals surface area contributed by atoms with Gasteiger partial charge in [-0.05, 0) is 6.07 Å². The third-order valence-corrected chi connectivity index (χ3v) is 2.16. The molecule has 17 heavy (non-hydrogen) atoms. The van der Waals surface area contributed by atoms with Crippen LogP contribution in [0.15, 0.2) is 35.5 Å². The van der Waals surface area contributed by atoms with E-state index >= 15 is 0 Å². The summed E-state index contributed by atoms with van der Waals surface area (Å²) in [4.78, 5) is 18.1. The maximum absolute atomic E-state index is 11.7. The fourth-order valence-electron chi connectivity index (χ4n) is 1.44. The number of amides is 1. The maximum Gasteiger partial charge on any atom is 0.282 e. The largest absolute Gasteiger partial charge is 0.368 e. The predicted octanol–water partition coefficient (Wildman–Crippen LogP) is 1.02. The molecule has 1 aromatic heterocycles. The Morgan fingerprint density at radius 1 is 1.41 bits per heavy atom. The van der Waals surface area contributed by atoms with Crippen molar-refractivity contribution in [3.8, 4) is 0 Å². The van der Waals surface area contributed by atoms with Gasteiger partial charge in [-0.25, -0.2) is 5.48 Å². The lowest BCUT2D eigenvalue weighted by molar-refractivity contribution is 0.100. The van der Waals surface area contributed by atoms with Crippen LogP contribution in [0.1, 0.15) is 10.4 Å². The van der Waals surface area contributed by atoms with Gasteiger partial charge < -0.3 is 10.7 Å².